The number of benzene rings is 3. The molecule has 3 aromatic rings. The molecule has 142 valence electrons. The Hall–Kier alpha value is -3.14. The zero-order valence-electron chi connectivity index (χ0n) is 16.0. The third-order valence-electron chi connectivity index (χ3n) is 5.88. The van der Waals surface area contributed by atoms with Crippen LogP contribution in [0.5, 0.6) is 0 Å². The van der Waals surface area contributed by atoms with E-state index in [2.05, 4.69) is 0 Å². The molecule has 0 spiro atoms. The van der Waals surface area contributed by atoms with Crippen LogP contribution in [0.4, 0.5) is 5.69 Å². The van der Waals surface area contributed by atoms with Crippen molar-refractivity contribution in [1.29, 1.82) is 0 Å². The van der Waals surface area contributed by atoms with Crippen LogP contribution in [0, 0.1) is 0 Å². The molecule has 28 heavy (non-hydrogen) atoms. The molecule has 3 aromatic carbocycles. The summed E-state index contributed by atoms with van der Waals surface area (Å²) in [6, 6.07) is 21.6. The van der Waals surface area contributed by atoms with E-state index in [1.165, 1.54) is 0 Å². The first-order valence-corrected chi connectivity index (χ1v) is 9.60. The lowest BCUT2D eigenvalue weighted by molar-refractivity contribution is -0.137. The Morgan fingerprint density at radius 1 is 1.00 bits per heavy atom. The number of anilines is 1. The molecule has 0 saturated heterocycles. The molecule has 0 aliphatic carbocycles. The van der Waals surface area contributed by atoms with Gasteiger partial charge in [0, 0.05) is 17.6 Å². The van der Waals surface area contributed by atoms with Crippen molar-refractivity contribution in [2.45, 2.75) is 38.1 Å². The van der Waals surface area contributed by atoms with Crippen LogP contribution in [0.25, 0.3) is 10.8 Å². The number of aliphatic carboxylic acids is 1. The van der Waals surface area contributed by atoms with E-state index in [9.17, 15) is 14.7 Å². The van der Waals surface area contributed by atoms with Crippen molar-refractivity contribution >= 4 is 28.3 Å². The summed E-state index contributed by atoms with van der Waals surface area (Å²) in [5.41, 5.74) is 2.77. The zero-order chi connectivity index (χ0) is 19.8. The van der Waals surface area contributed by atoms with Crippen molar-refractivity contribution in [2.24, 2.45) is 0 Å². The first-order chi connectivity index (χ1) is 13.5. The van der Waals surface area contributed by atoms with Crippen LogP contribution < -0.4 is 4.90 Å². The molecule has 1 aliphatic rings. The average Bonchev–Trinajstić information content (AvgIpc) is 2.97. The fourth-order valence-electron chi connectivity index (χ4n) is 4.44. The first-order valence-electron chi connectivity index (χ1n) is 9.60. The van der Waals surface area contributed by atoms with Gasteiger partial charge in [-0.2, -0.15) is 0 Å². The molecule has 0 aromatic heterocycles. The molecule has 1 heterocycles. The van der Waals surface area contributed by atoms with E-state index in [0.29, 0.717) is 0 Å². The van der Waals surface area contributed by atoms with Crippen LogP contribution in [0.2, 0.25) is 0 Å². The van der Waals surface area contributed by atoms with E-state index in [4.69, 9.17) is 0 Å². The van der Waals surface area contributed by atoms with Crippen molar-refractivity contribution in [3.05, 3.63) is 77.9 Å². The number of amides is 1. The summed E-state index contributed by atoms with van der Waals surface area (Å²) in [5.74, 6) is -1.37. The molecular formula is C24H23NO3. The molecule has 4 rings (SSSR count). The van der Waals surface area contributed by atoms with Crippen molar-refractivity contribution in [1.82, 2.24) is 0 Å². The SMILES string of the molecule is CC(C(=O)N1c2ccccc2C(CC(=O)O)C1C)c1cccc2ccccc12. The molecule has 1 aliphatic heterocycles. The Morgan fingerprint density at radius 2 is 1.68 bits per heavy atom. The Bertz CT molecular complexity index is 1050. The van der Waals surface area contributed by atoms with E-state index in [1.807, 2.05) is 80.6 Å². The number of carboxylic acid groups (broad SMARTS) is 1. The lowest BCUT2D eigenvalue weighted by Gasteiger charge is -2.28. The highest BCUT2D eigenvalue weighted by molar-refractivity contribution is 6.03. The molecule has 4 nitrogen and oxygen atoms in total. The van der Waals surface area contributed by atoms with Crippen LogP contribution in [0.3, 0.4) is 0 Å². The van der Waals surface area contributed by atoms with Crippen LogP contribution >= 0.6 is 0 Å². The second-order valence-corrected chi connectivity index (χ2v) is 7.50. The van der Waals surface area contributed by atoms with Crippen LogP contribution in [-0.4, -0.2) is 23.0 Å². The highest BCUT2D eigenvalue weighted by Crippen LogP contribution is 2.44. The second-order valence-electron chi connectivity index (χ2n) is 7.50. The van der Waals surface area contributed by atoms with Gasteiger partial charge in [0.15, 0.2) is 0 Å². The molecule has 0 saturated carbocycles. The summed E-state index contributed by atoms with van der Waals surface area (Å²) >= 11 is 0. The minimum absolute atomic E-state index is 0.00388. The van der Waals surface area contributed by atoms with Gasteiger partial charge in [0.25, 0.3) is 0 Å². The van der Waals surface area contributed by atoms with Crippen LogP contribution in [0.15, 0.2) is 66.7 Å². The molecule has 0 bridgehead atoms. The van der Waals surface area contributed by atoms with Gasteiger partial charge in [-0.05, 0) is 41.8 Å². The largest absolute Gasteiger partial charge is 0.481 e. The smallest absolute Gasteiger partial charge is 0.304 e. The zero-order valence-corrected chi connectivity index (χ0v) is 16.0. The Balaban J connectivity index is 1.74. The first kappa shape index (κ1) is 18.2. The standard InChI is InChI=1S/C24H23NO3/c1-15(18-12-7-9-17-8-3-4-10-19(17)18)24(28)25-16(2)21(14-23(26)27)20-11-5-6-13-22(20)25/h3-13,15-16,21H,14H2,1-2H3,(H,26,27). The molecule has 0 fully saturated rings. The number of hydrogen-bond donors (Lipinski definition) is 1. The Kier molecular flexibility index (Phi) is 4.63. The van der Waals surface area contributed by atoms with E-state index >= 15 is 0 Å². The number of carboxylic acids is 1. The van der Waals surface area contributed by atoms with Gasteiger partial charge < -0.3 is 10.0 Å². The summed E-state index contributed by atoms with van der Waals surface area (Å²) in [6.45, 7) is 3.88. The van der Waals surface area contributed by atoms with Crippen molar-refractivity contribution in [3.63, 3.8) is 0 Å². The molecule has 4 heteroatoms. The van der Waals surface area contributed by atoms with Gasteiger partial charge in [0.1, 0.15) is 0 Å². The topological polar surface area (TPSA) is 57.6 Å². The second kappa shape index (κ2) is 7.12. The molecular weight excluding hydrogens is 350 g/mol. The highest BCUT2D eigenvalue weighted by Gasteiger charge is 2.41. The third kappa shape index (κ3) is 2.95. The highest BCUT2D eigenvalue weighted by atomic mass is 16.4. The number of rotatable bonds is 4. The third-order valence-corrected chi connectivity index (χ3v) is 5.88. The van der Waals surface area contributed by atoms with Crippen molar-refractivity contribution < 1.29 is 14.7 Å². The summed E-state index contributed by atoms with van der Waals surface area (Å²) in [6.07, 6.45) is 0.0185. The number of hydrogen-bond acceptors (Lipinski definition) is 2. The average molecular weight is 373 g/mol. The lowest BCUT2D eigenvalue weighted by Crippen LogP contribution is -2.40. The lowest BCUT2D eigenvalue weighted by atomic mass is 9.92. The normalized spacial score (nSPS) is 19.4. The van der Waals surface area contributed by atoms with Crippen molar-refractivity contribution in [3.8, 4) is 0 Å². The summed E-state index contributed by atoms with van der Waals surface area (Å²) in [5, 5.41) is 11.5. The maximum Gasteiger partial charge on any atom is 0.304 e. The van der Waals surface area contributed by atoms with Gasteiger partial charge >= 0.3 is 5.97 Å². The Labute approximate surface area is 164 Å². The fraction of sp³-hybridized carbons (Fsp3) is 0.250. The van der Waals surface area contributed by atoms with E-state index < -0.39 is 5.97 Å². The minimum atomic E-state index is -0.844. The summed E-state index contributed by atoms with van der Waals surface area (Å²) < 4.78 is 0. The van der Waals surface area contributed by atoms with Gasteiger partial charge in [-0.25, -0.2) is 0 Å². The molecule has 0 radical (unpaired) electrons. The number of carbonyl (C=O) groups excluding carboxylic acids is 1. The van der Waals surface area contributed by atoms with Crippen molar-refractivity contribution in [2.75, 3.05) is 4.90 Å². The van der Waals surface area contributed by atoms with E-state index in [1.54, 1.807) is 4.90 Å². The summed E-state index contributed by atoms with van der Waals surface area (Å²) in [7, 11) is 0. The summed E-state index contributed by atoms with van der Waals surface area (Å²) in [4.78, 5) is 26.8. The van der Waals surface area contributed by atoms with E-state index in [0.717, 1.165) is 27.6 Å². The molecule has 3 atom stereocenters. The predicted octanol–water partition coefficient (Wildman–Crippen LogP) is 4.94. The van der Waals surface area contributed by atoms with Gasteiger partial charge in [-0.1, -0.05) is 60.7 Å². The van der Waals surface area contributed by atoms with Gasteiger partial charge in [0.2, 0.25) is 5.91 Å². The van der Waals surface area contributed by atoms with Crippen LogP contribution in [0.1, 0.15) is 43.2 Å². The molecule has 1 N–H and O–H groups in total. The van der Waals surface area contributed by atoms with Crippen LogP contribution in [-0.2, 0) is 9.59 Å². The van der Waals surface area contributed by atoms with Gasteiger partial charge in [0.05, 0.1) is 12.3 Å². The maximum absolute atomic E-state index is 13.6. The monoisotopic (exact) mass is 373 g/mol. The number of carbonyl (C=O) groups is 2. The van der Waals surface area contributed by atoms with E-state index in [-0.39, 0.29) is 30.2 Å². The predicted molar refractivity (Wildman–Crippen MR) is 111 cm³/mol. The maximum atomic E-state index is 13.6. The number of fused-ring (bicyclic) bond motifs is 2. The molecule has 1 amide bonds. The quantitative estimate of drug-likeness (QED) is 0.705. The van der Waals surface area contributed by atoms with Gasteiger partial charge in [-0.3, -0.25) is 9.59 Å². The Morgan fingerprint density at radius 3 is 2.46 bits per heavy atom. The fourth-order valence-corrected chi connectivity index (χ4v) is 4.44. The number of para-hydroxylation sites is 1. The van der Waals surface area contributed by atoms with Gasteiger partial charge in [-0.15, -0.1) is 0 Å². The number of nitrogens with zero attached hydrogens (tertiary/aromatic N) is 1. The molecule has 3 unspecified atom stereocenters. The minimum Gasteiger partial charge on any atom is -0.481 e.